The fourth-order valence-electron chi connectivity index (χ4n) is 5.62. The number of carbonyl (C=O) groups is 2. The quantitative estimate of drug-likeness (QED) is 0.163. The van der Waals surface area contributed by atoms with Crippen LogP contribution in [0.4, 0.5) is 55.9 Å². The molecule has 0 saturated heterocycles. The van der Waals surface area contributed by atoms with Crippen LogP contribution in [0.5, 0.6) is 0 Å². The molecule has 0 saturated carbocycles. The lowest BCUT2D eigenvalue weighted by molar-refractivity contribution is -0.143. The molecule has 3 aromatic rings. The first kappa shape index (κ1) is 40.2. The van der Waals surface area contributed by atoms with Gasteiger partial charge in [0.05, 0.1) is 66.2 Å². The standard InChI is InChI=1S/C32H31F9N4O6S/c1-4-21-15-23(22-14-18(30(33,34)35)6-7-25(22)45(21)29(47)51-5-2)43-28-42-16-26(52(48,49)9-8-27(46)50-3)24(44-28)12-17-10-19(31(36,37)38)13-20(11-17)32(39,40)41/h6-7,10-11,13-14,16,21,23H,4-5,8-9,12,15H2,1-3H3,(H,42,43,44)/t21-,23+/m1/s1. The maximum absolute atomic E-state index is 13.8. The number of halogens is 9. The number of esters is 1. The number of anilines is 2. The van der Waals surface area contributed by atoms with Crippen molar-refractivity contribution < 1.29 is 67.0 Å². The monoisotopic (exact) mass is 770 g/mol. The largest absolute Gasteiger partial charge is 0.469 e. The van der Waals surface area contributed by atoms with E-state index in [-0.39, 0.29) is 36.8 Å². The van der Waals surface area contributed by atoms with Crippen molar-refractivity contribution in [3.8, 4) is 0 Å². The highest BCUT2D eigenvalue weighted by Gasteiger charge is 2.40. The summed E-state index contributed by atoms with van der Waals surface area (Å²) in [7, 11) is -3.54. The summed E-state index contributed by atoms with van der Waals surface area (Å²) in [5.74, 6) is -2.27. The van der Waals surface area contributed by atoms with Crippen LogP contribution in [0.1, 0.15) is 72.7 Å². The van der Waals surface area contributed by atoms with Crippen molar-refractivity contribution in [3.05, 3.63) is 76.1 Å². The van der Waals surface area contributed by atoms with Crippen LogP contribution in [0.2, 0.25) is 0 Å². The van der Waals surface area contributed by atoms with E-state index in [4.69, 9.17) is 4.74 Å². The smallest absolute Gasteiger partial charge is 0.416 e. The van der Waals surface area contributed by atoms with Crippen molar-refractivity contribution in [2.24, 2.45) is 0 Å². The van der Waals surface area contributed by atoms with Gasteiger partial charge in [0.25, 0.3) is 0 Å². The number of alkyl halides is 9. The molecule has 0 fully saturated rings. The van der Waals surface area contributed by atoms with Crippen molar-refractivity contribution >= 4 is 33.5 Å². The summed E-state index contributed by atoms with van der Waals surface area (Å²) >= 11 is 0. The van der Waals surface area contributed by atoms with Gasteiger partial charge in [0.2, 0.25) is 5.95 Å². The highest BCUT2D eigenvalue weighted by Crippen LogP contribution is 2.43. The molecule has 2 heterocycles. The molecule has 1 amide bonds. The second-order valence-electron chi connectivity index (χ2n) is 11.6. The van der Waals surface area contributed by atoms with Gasteiger partial charge in [0.15, 0.2) is 9.84 Å². The van der Waals surface area contributed by atoms with Crippen LogP contribution in [0.25, 0.3) is 0 Å². The Labute approximate surface area is 291 Å². The molecule has 1 aromatic heterocycles. The summed E-state index contributed by atoms with van der Waals surface area (Å²) in [6, 6.07) is 1.59. The van der Waals surface area contributed by atoms with Crippen molar-refractivity contribution in [1.82, 2.24) is 9.97 Å². The zero-order valence-corrected chi connectivity index (χ0v) is 28.4. The number of sulfone groups is 1. The van der Waals surface area contributed by atoms with E-state index in [2.05, 4.69) is 20.0 Å². The Morgan fingerprint density at radius 2 is 1.54 bits per heavy atom. The lowest BCUT2D eigenvalue weighted by atomic mass is 9.89. The molecule has 0 bridgehead atoms. The van der Waals surface area contributed by atoms with Gasteiger partial charge in [-0.3, -0.25) is 9.69 Å². The lowest BCUT2D eigenvalue weighted by Gasteiger charge is -2.40. The fraction of sp³-hybridized carbons (Fsp3) is 0.438. The number of hydrogen-bond acceptors (Lipinski definition) is 9. The number of nitrogens with one attached hydrogen (secondary N) is 1. The van der Waals surface area contributed by atoms with Gasteiger partial charge in [-0.1, -0.05) is 6.92 Å². The molecule has 0 radical (unpaired) electrons. The topological polar surface area (TPSA) is 128 Å². The molecule has 0 aliphatic carbocycles. The number of ether oxygens (including phenoxy) is 2. The third-order valence-corrected chi connectivity index (χ3v) is 9.84. The molecule has 0 spiro atoms. The second-order valence-corrected chi connectivity index (χ2v) is 13.7. The summed E-state index contributed by atoms with van der Waals surface area (Å²) < 4.78 is 159. The Kier molecular flexibility index (Phi) is 11.7. The van der Waals surface area contributed by atoms with E-state index in [0.29, 0.717) is 12.1 Å². The Morgan fingerprint density at radius 3 is 2.08 bits per heavy atom. The number of amides is 1. The average molecular weight is 771 g/mol. The zero-order valence-electron chi connectivity index (χ0n) is 27.5. The Morgan fingerprint density at radius 1 is 0.923 bits per heavy atom. The number of methoxy groups -OCH3 is 1. The van der Waals surface area contributed by atoms with E-state index >= 15 is 0 Å². The number of nitrogens with zero attached hydrogens (tertiary/aromatic N) is 3. The van der Waals surface area contributed by atoms with Gasteiger partial charge in [0.1, 0.15) is 4.90 Å². The van der Waals surface area contributed by atoms with Gasteiger partial charge in [-0.05, 0) is 67.3 Å². The number of fused-ring (bicyclic) bond motifs is 1. The van der Waals surface area contributed by atoms with E-state index < -0.39 is 110 Å². The normalized spacial score (nSPS) is 16.7. The molecule has 284 valence electrons. The predicted octanol–water partition coefficient (Wildman–Crippen LogP) is 7.76. The minimum Gasteiger partial charge on any atom is -0.469 e. The number of carbonyl (C=O) groups excluding carboxylic acids is 2. The summed E-state index contributed by atoms with van der Waals surface area (Å²) in [5.41, 5.74) is -5.63. The van der Waals surface area contributed by atoms with Crippen LogP contribution in [0.3, 0.4) is 0 Å². The summed E-state index contributed by atoms with van der Waals surface area (Å²) in [6.45, 7) is 3.21. The summed E-state index contributed by atoms with van der Waals surface area (Å²) in [5, 5.41) is 2.81. The maximum Gasteiger partial charge on any atom is 0.416 e. The molecular weight excluding hydrogens is 739 g/mol. The molecule has 4 rings (SSSR count). The molecule has 2 aromatic carbocycles. The van der Waals surface area contributed by atoms with Gasteiger partial charge >= 0.3 is 30.6 Å². The van der Waals surface area contributed by atoms with Gasteiger partial charge in [-0.2, -0.15) is 39.5 Å². The molecule has 52 heavy (non-hydrogen) atoms. The van der Waals surface area contributed by atoms with Crippen LogP contribution < -0.4 is 10.2 Å². The Hall–Kier alpha value is -4.62. The SMILES string of the molecule is CCOC(=O)N1c2ccc(C(F)(F)F)cc2[C@@H](Nc2ncc(S(=O)(=O)CCC(=O)OC)c(Cc3cc(C(F)(F)F)cc(C(F)(F)F)c3)n2)C[C@H]1CC. The molecule has 1 aliphatic rings. The van der Waals surface area contributed by atoms with Gasteiger partial charge < -0.3 is 14.8 Å². The third kappa shape index (κ3) is 9.23. The summed E-state index contributed by atoms with van der Waals surface area (Å²) in [6.07, 6.45) is -16.7. The number of aromatic nitrogens is 2. The van der Waals surface area contributed by atoms with E-state index in [1.807, 2.05) is 0 Å². The Balaban J connectivity index is 1.86. The van der Waals surface area contributed by atoms with Crippen molar-refractivity contribution in [2.45, 2.75) is 75.0 Å². The molecular formula is C32H31F9N4O6S. The molecule has 1 aliphatic heterocycles. The summed E-state index contributed by atoms with van der Waals surface area (Å²) in [4.78, 5) is 33.2. The van der Waals surface area contributed by atoms with Crippen LogP contribution in [0.15, 0.2) is 47.5 Å². The number of hydrogen-bond donors (Lipinski definition) is 1. The molecule has 1 N–H and O–H groups in total. The van der Waals surface area contributed by atoms with Gasteiger partial charge in [-0.15, -0.1) is 0 Å². The van der Waals surface area contributed by atoms with E-state index in [0.717, 1.165) is 31.5 Å². The fourth-order valence-corrected chi connectivity index (χ4v) is 6.96. The van der Waals surface area contributed by atoms with Crippen molar-refractivity contribution in [2.75, 3.05) is 29.7 Å². The van der Waals surface area contributed by atoms with Gasteiger partial charge in [0, 0.05) is 12.5 Å². The molecule has 2 atom stereocenters. The van der Waals surface area contributed by atoms with Crippen molar-refractivity contribution in [1.29, 1.82) is 0 Å². The molecule has 10 nitrogen and oxygen atoms in total. The van der Waals surface area contributed by atoms with Crippen molar-refractivity contribution in [3.63, 3.8) is 0 Å². The van der Waals surface area contributed by atoms with E-state index in [9.17, 15) is 57.5 Å². The lowest BCUT2D eigenvalue weighted by Crippen LogP contribution is -2.46. The minimum atomic E-state index is -5.22. The van der Waals surface area contributed by atoms with Crippen LogP contribution in [0, 0.1) is 0 Å². The number of benzene rings is 2. The highest BCUT2D eigenvalue weighted by molar-refractivity contribution is 7.91. The first-order valence-corrected chi connectivity index (χ1v) is 17.1. The molecule has 0 unspecified atom stereocenters. The maximum atomic E-state index is 13.8. The highest BCUT2D eigenvalue weighted by atomic mass is 32.2. The predicted molar refractivity (Wildman–Crippen MR) is 166 cm³/mol. The minimum absolute atomic E-state index is 0.0364. The zero-order chi connectivity index (χ0) is 38.8. The van der Waals surface area contributed by atoms with E-state index in [1.165, 1.54) is 4.90 Å². The van der Waals surface area contributed by atoms with Crippen LogP contribution >= 0.6 is 0 Å². The number of rotatable bonds is 10. The second kappa shape index (κ2) is 15.2. The molecule has 20 heteroatoms. The Bertz CT molecular complexity index is 1890. The van der Waals surface area contributed by atoms with Gasteiger partial charge in [-0.25, -0.2) is 23.2 Å². The first-order valence-electron chi connectivity index (χ1n) is 15.5. The third-order valence-electron chi connectivity index (χ3n) is 8.09. The average Bonchev–Trinajstić information content (AvgIpc) is 3.05. The van der Waals surface area contributed by atoms with E-state index in [1.54, 1.807) is 13.8 Å². The van der Waals surface area contributed by atoms with Crippen LogP contribution in [-0.2, 0) is 49.1 Å². The first-order chi connectivity index (χ1) is 24.1. The van der Waals surface area contributed by atoms with Crippen LogP contribution in [-0.4, -0.2) is 56.0 Å².